The number of amides is 3. The normalized spacial score (nSPS) is 14.7. The molecule has 1 saturated heterocycles. The molecular formula is C22H20F2N2O6S. The Bertz CT molecular complexity index is 1080. The van der Waals surface area contributed by atoms with E-state index >= 15 is 0 Å². The number of nitrogens with one attached hydrogen (secondary N) is 1. The molecule has 1 aliphatic heterocycles. The van der Waals surface area contributed by atoms with E-state index in [2.05, 4.69) is 10.1 Å². The number of benzene rings is 2. The Morgan fingerprint density at radius 3 is 2.52 bits per heavy atom. The summed E-state index contributed by atoms with van der Waals surface area (Å²) in [7, 11) is 1.52. The molecule has 3 amide bonds. The van der Waals surface area contributed by atoms with Crippen molar-refractivity contribution in [2.24, 2.45) is 0 Å². The molecule has 1 fully saturated rings. The van der Waals surface area contributed by atoms with Crippen LogP contribution < -0.4 is 19.5 Å². The summed E-state index contributed by atoms with van der Waals surface area (Å²) in [4.78, 5) is 38.2. The second-order valence-corrected chi connectivity index (χ2v) is 7.56. The second kappa shape index (κ2) is 10.8. The highest BCUT2D eigenvalue weighted by Crippen LogP contribution is 2.35. The fraction of sp³-hybridized carbons (Fsp3) is 0.227. The Kier molecular flexibility index (Phi) is 7.88. The Hall–Kier alpha value is -3.60. The number of thioether (sulfide) groups is 1. The van der Waals surface area contributed by atoms with Crippen LogP contribution in [0.25, 0.3) is 6.08 Å². The number of alkyl halides is 2. The molecular weight excluding hydrogens is 458 g/mol. The molecule has 1 N–H and O–H groups in total. The molecule has 2 aromatic rings. The van der Waals surface area contributed by atoms with Gasteiger partial charge in [-0.25, -0.2) is 0 Å². The average Bonchev–Trinajstić information content (AvgIpc) is 3.03. The summed E-state index contributed by atoms with van der Waals surface area (Å²) >= 11 is 0.674. The zero-order chi connectivity index (χ0) is 24.0. The van der Waals surface area contributed by atoms with Gasteiger partial charge in [0, 0.05) is 5.69 Å². The second-order valence-electron chi connectivity index (χ2n) is 6.56. The van der Waals surface area contributed by atoms with Gasteiger partial charge in [0.25, 0.3) is 11.1 Å². The minimum Gasteiger partial charge on any atom is -0.497 e. The fourth-order valence-corrected chi connectivity index (χ4v) is 3.72. The summed E-state index contributed by atoms with van der Waals surface area (Å²) in [5.41, 5.74) is 0.922. The number of carbonyl (C=O) groups is 3. The van der Waals surface area contributed by atoms with Gasteiger partial charge >= 0.3 is 6.61 Å². The van der Waals surface area contributed by atoms with Crippen molar-refractivity contribution in [3.8, 4) is 17.2 Å². The number of halogens is 2. The van der Waals surface area contributed by atoms with Crippen LogP contribution in [-0.2, 0) is 9.59 Å². The molecule has 33 heavy (non-hydrogen) atoms. The number of nitrogens with zero attached hydrogens (tertiary/aromatic N) is 1. The third-order valence-electron chi connectivity index (χ3n) is 4.33. The lowest BCUT2D eigenvalue weighted by Gasteiger charge is -2.13. The van der Waals surface area contributed by atoms with E-state index in [0.29, 0.717) is 28.8 Å². The van der Waals surface area contributed by atoms with Crippen LogP contribution in [0, 0.1) is 0 Å². The van der Waals surface area contributed by atoms with Crippen molar-refractivity contribution in [1.29, 1.82) is 0 Å². The maximum Gasteiger partial charge on any atom is 0.387 e. The number of imide groups is 1. The highest BCUT2D eigenvalue weighted by Gasteiger charge is 2.36. The smallest absolute Gasteiger partial charge is 0.387 e. The summed E-state index contributed by atoms with van der Waals surface area (Å²) in [6, 6.07) is 10.7. The molecule has 174 valence electrons. The van der Waals surface area contributed by atoms with Gasteiger partial charge in [-0.15, -0.1) is 0 Å². The minimum absolute atomic E-state index is 0.0737. The highest BCUT2D eigenvalue weighted by molar-refractivity contribution is 8.18. The van der Waals surface area contributed by atoms with Gasteiger partial charge in [0.15, 0.2) is 11.5 Å². The van der Waals surface area contributed by atoms with Crippen LogP contribution >= 0.6 is 11.8 Å². The van der Waals surface area contributed by atoms with Gasteiger partial charge in [0.05, 0.1) is 18.6 Å². The topological polar surface area (TPSA) is 94.2 Å². The van der Waals surface area contributed by atoms with Crippen LogP contribution in [0.15, 0.2) is 47.4 Å². The molecule has 3 rings (SSSR count). The van der Waals surface area contributed by atoms with Gasteiger partial charge in [-0.3, -0.25) is 19.3 Å². The van der Waals surface area contributed by atoms with E-state index in [1.807, 2.05) is 0 Å². The molecule has 8 nitrogen and oxygen atoms in total. The SMILES string of the molecule is CCOc1cc(/C=C2\SC(=O)N(CC(=O)Nc3ccc(OC)cc3)C2=O)ccc1OC(F)F. The lowest BCUT2D eigenvalue weighted by molar-refractivity contribution is -0.127. The minimum atomic E-state index is -3.02. The van der Waals surface area contributed by atoms with E-state index in [1.165, 1.54) is 31.4 Å². The molecule has 1 heterocycles. The van der Waals surface area contributed by atoms with E-state index < -0.39 is 30.2 Å². The molecule has 0 atom stereocenters. The predicted molar refractivity (Wildman–Crippen MR) is 119 cm³/mol. The predicted octanol–water partition coefficient (Wildman–Crippen LogP) is 4.37. The molecule has 0 unspecified atom stereocenters. The molecule has 0 radical (unpaired) electrons. The van der Waals surface area contributed by atoms with Crippen molar-refractivity contribution < 1.29 is 37.4 Å². The molecule has 0 spiro atoms. The number of hydrogen-bond donors (Lipinski definition) is 1. The van der Waals surface area contributed by atoms with Crippen LogP contribution in [0.1, 0.15) is 12.5 Å². The van der Waals surface area contributed by atoms with E-state index in [4.69, 9.17) is 9.47 Å². The maximum absolute atomic E-state index is 12.7. The lowest BCUT2D eigenvalue weighted by atomic mass is 10.2. The summed E-state index contributed by atoms with van der Waals surface area (Å²) in [5, 5.41) is 2.01. The third-order valence-corrected chi connectivity index (χ3v) is 5.24. The zero-order valence-electron chi connectivity index (χ0n) is 17.7. The first-order chi connectivity index (χ1) is 15.8. The Balaban J connectivity index is 1.70. The molecule has 0 aliphatic carbocycles. The zero-order valence-corrected chi connectivity index (χ0v) is 18.5. The van der Waals surface area contributed by atoms with Crippen LogP contribution in [-0.4, -0.2) is 48.8 Å². The summed E-state index contributed by atoms with van der Waals surface area (Å²) in [5.74, 6) is -0.640. The van der Waals surface area contributed by atoms with E-state index in [-0.39, 0.29) is 23.0 Å². The molecule has 11 heteroatoms. The summed E-state index contributed by atoms with van der Waals surface area (Å²) < 4.78 is 39.9. The quantitative estimate of drug-likeness (QED) is 0.535. The lowest BCUT2D eigenvalue weighted by Crippen LogP contribution is -2.36. The van der Waals surface area contributed by atoms with Crippen molar-refractivity contribution in [2.75, 3.05) is 25.6 Å². The monoisotopic (exact) mass is 478 g/mol. The summed E-state index contributed by atoms with van der Waals surface area (Å²) in [6.07, 6.45) is 1.42. The Morgan fingerprint density at radius 1 is 1.15 bits per heavy atom. The number of methoxy groups -OCH3 is 1. The van der Waals surface area contributed by atoms with E-state index in [0.717, 1.165) is 4.90 Å². The first-order valence-electron chi connectivity index (χ1n) is 9.71. The van der Waals surface area contributed by atoms with Crippen molar-refractivity contribution in [3.05, 3.63) is 52.9 Å². The molecule has 2 aromatic carbocycles. The molecule has 0 aromatic heterocycles. The number of ether oxygens (including phenoxy) is 3. The molecule has 0 bridgehead atoms. The van der Waals surface area contributed by atoms with Gasteiger partial charge in [-0.2, -0.15) is 8.78 Å². The van der Waals surface area contributed by atoms with Crippen molar-refractivity contribution in [1.82, 2.24) is 4.90 Å². The van der Waals surface area contributed by atoms with E-state index in [1.54, 1.807) is 31.2 Å². The van der Waals surface area contributed by atoms with Crippen molar-refractivity contribution in [2.45, 2.75) is 13.5 Å². The van der Waals surface area contributed by atoms with Gasteiger partial charge < -0.3 is 19.5 Å². The first kappa shape index (κ1) is 24.1. The van der Waals surface area contributed by atoms with E-state index in [9.17, 15) is 23.2 Å². The number of anilines is 1. The van der Waals surface area contributed by atoms with Crippen LogP contribution in [0.2, 0.25) is 0 Å². The van der Waals surface area contributed by atoms with Crippen molar-refractivity contribution in [3.63, 3.8) is 0 Å². The van der Waals surface area contributed by atoms with Crippen LogP contribution in [0.5, 0.6) is 17.2 Å². The standard InChI is InChI=1S/C22H20F2N2O6S/c1-3-31-17-10-13(4-9-16(17)32-21(23)24)11-18-20(28)26(22(29)33-18)12-19(27)25-14-5-7-15(30-2)8-6-14/h4-11,21H,3,12H2,1-2H3,(H,25,27)/b18-11-. The van der Waals surface area contributed by atoms with Gasteiger partial charge in [0.1, 0.15) is 12.3 Å². The van der Waals surface area contributed by atoms with Crippen LogP contribution in [0.3, 0.4) is 0 Å². The van der Waals surface area contributed by atoms with Gasteiger partial charge in [-0.05, 0) is 66.7 Å². The summed E-state index contributed by atoms with van der Waals surface area (Å²) in [6.45, 7) is -1.58. The van der Waals surface area contributed by atoms with Gasteiger partial charge in [0.2, 0.25) is 5.91 Å². The fourth-order valence-electron chi connectivity index (χ4n) is 2.88. The van der Waals surface area contributed by atoms with Crippen molar-refractivity contribution >= 4 is 40.6 Å². The molecule has 0 saturated carbocycles. The van der Waals surface area contributed by atoms with Crippen LogP contribution in [0.4, 0.5) is 19.3 Å². The van der Waals surface area contributed by atoms with Gasteiger partial charge in [-0.1, -0.05) is 6.07 Å². The number of carbonyl (C=O) groups excluding carboxylic acids is 3. The number of rotatable bonds is 9. The third kappa shape index (κ3) is 6.22. The largest absolute Gasteiger partial charge is 0.497 e. The highest BCUT2D eigenvalue weighted by atomic mass is 32.2. The Labute approximate surface area is 192 Å². The average molecular weight is 478 g/mol. The number of hydrogen-bond acceptors (Lipinski definition) is 7. The Morgan fingerprint density at radius 2 is 1.88 bits per heavy atom. The molecule has 1 aliphatic rings. The first-order valence-corrected chi connectivity index (χ1v) is 10.5. The maximum atomic E-state index is 12.7.